The van der Waals surface area contributed by atoms with Crippen molar-refractivity contribution >= 4 is 117 Å². The minimum absolute atomic E-state index is 0.0959. The number of phenolic OH excluding ortho intramolecular Hbond substituents is 1. The predicted molar refractivity (Wildman–Crippen MR) is 217 cm³/mol. The number of aromatic nitrogens is 3. The Morgan fingerprint density at radius 1 is 0.625 bits per heavy atom. The number of rotatable bonds is 13. The van der Waals surface area contributed by atoms with Crippen molar-refractivity contribution in [2.45, 2.75) is 24.5 Å². The molecule has 8 N–H and O–H groups in total. The largest absolute Gasteiger partial charge is 0.505 e. The molecule has 0 saturated heterocycles. The topological polar surface area (TPSA) is 429 Å². The van der Waals surface area contributed by atoms with E-state index in [1.807, 2.05) is 0 Å². The van der Waals surface area contributed by atoms with Crippen molar-refractivity contribution in [1.29, 1.82) is 0 Å². The Labute approximate surface area is 364 Å². The molecule has 0 amide bonds. The quantitative estimate of drug-likeness (QED) is 0.0609. The summed E-state index contributed by atoms with van der Waals surface area (Å²) in [4.78, 5) is 12.8. The van der Waals surface area contributed by atoms with E-state index in [1.165, 1.54) is 12.1 Å². The van der Waals surface area contributed by atoms with Crippen LogP contribution < -0.4 is 11.2 Å². The molecule has 340 valence electrons. The van der Waals surface area contributed by atoms with Gasteiger partial charge in [-0.2, -0.15) is 52.2 Å². The third-order valence-corrected chi connectivity index (χ3v) is 14.0. The van der Waals surface area contributed by atoms with Crippen LogP contribution in [0.25, 0.3) is 21.5 Å². The van der Waals surface area contributed by atoms with Crippen molar-refractivity contribution < 1.29 is 82.6 Å². The van der Waals surface area contributed by atoms with E-state index < -0.39 is 137 Å². The van der Waals surface area contributed by atoms with Crippen molar-refractivity contribution in [3.8, 4) is 5.75 Å². The van der Waals surface area contributed by atoms with E-state index in [2.05, 4.69) is 39.3 Å². The van der Waals surface area contributed by atoms with Crippen LogP contribution in [0.15, 0.2) is 117 Å². The van der Waals surface area contributed by atoms with E-state index in [1.54, 1.807) is 0 Å². The Balaban J connectivity index is 1.53. The molecule has 0 fully saturated rings. The van der Waals surface area contributed by atoms with Crippen LogP contribution in [-0.2, 0) is 64.9 Å². The minimum Gasteiger partial charge on any atom is -0.505 e. The number of halogens is 1. The van der Waals surface area contributed by atoms with E-state index in [9.17, 15) is 73.8 Å². The Bertz CT molecular complexity index is 3840. The van der Waals surface area contributed by atoms with E-state index in [0.717, 1.165) is 36.4 Å². The molecular formula is C31H24ClN7O19S6. The molecule has 0 saturated carbocycles. The molecule has 0 aliphatic carbocycles. The highest BCUT2D eigenvalue weighted by Gasteiger charge is 2.26. The van der Waals surface area contributed by atoms with Gasteiger partial charge in [-0.15, -0.1) is 5.11 Å². The molecule has 0 bridgehead atoms. The van der Waals surface area contributed by atoms with Gasteiger partial charge in [-0.1, -0.05) is 12.1 Å². The average molecular weight is 1030 g/mol. The van der Waals surface area contributed by atoms with Gasteiger partial charge in [0.25, 0.3) is 40.5 Å². The molecule has 33 heteroatoms. The number of azo groups is 1. The molecule has 0 radical (unpaired) electrons. The van der Waals surface area contributed by atoms with E-state index >= 15 is 0 Å². The van der Waals surface area contributed by atoms with Gasteiger partial charge in [-0.25, -0.2) is 22.6 Å². The maximum Gasteiger partial charge on any atom is 0.397 e. The van der Waals surface area contributed by atoms with Gasteiger partial charge in [0.15, 0.2) is 15.6 Å². The van der Waals surface area contributed by atoms with E-state index in [4.69, 9.17) is 16.2 Å². The standard InChI is InChI=1S/C31H24ClN7O19S6/c32-29-35-30(33-17-2-1-3-19(11-17)59(41,42)7-6-58-64(55,56)57)37-31(36-29)34-23-13-20(60(43,44)45)9-16-10-25(63(52,53)54)27(28(40)26(16)23)39-38-18-5-4-15-8-21(61(46,47)48)14-24(22(15)12-18)62(49,50)51/h1-5,8-14,40H,6-7H2,(H,43,44,45)(H,46,47,48)(H,49,50,51)(H,52,53,54)(H,55,56,57)(H2,33,34,35,36,37). The predicted octanol–water partition coefficient (Wildman–Crippen LogP) is 2.86. The summed E-state index contributed by atoms with van der Waals surface area (Å²) in [6.07, 6.45) is 0. The second-order valence-corrected chi connectivity index (χ2v) is 21.8. The summed E-state index contributed by atoms with van der Waals surface area (Å²) in [7, 11) is -29.8. The van der Waals surface area contributed by atoms with Crippen LogP contribution in [0.1, 0.15) is 0 Å². The maximum atomic E-state index is 12.8. The monoisotopic (exact) mass is 1020 g/mol. The van der Waals surface area contributed by atoms with E-state index in [-0.39, 0.29) is 27.0 Å². The first-order valence-electron chi connectivity index (χ1n) is 16.5. The van der Waals surface area contributed by atoms with Crippen molar-refractivity contribution in [2.24, 2.45) is 20.2 Å². The summed E-state index contributed by atoms with van der Waals surface area (Å²) in [5, 5.41) is 17.0. The number of hydrogen-bond acceptors (Lipinski definition) is 19. The van der Waals surface area contributed by atoms with Crippen LogP contribution in [0.4, 0.5) is 22.7 Å². The molecule has 0 aliphatic rings. The zero-order valence-electron chi connectivity index (χ0n) is 30.9. The molecule has 0 unspecified atom stereocenters. The second kappa shape index (κ2) is 17.1. The molecule has 1 heterocycles. The minimum atomic E-state index is -5.39. The van der Waals surface area contributed by atoms with E-state index in [0.29, 0.717) is 24.3 Å². The van der Waals surface area contributed by atoms with Crippen molar-refractivity contribution in [1.82, 2.24) is 15.0 Å². The molecule has 0 aliphatic heterocycles. The van der Waals surface area contributed by atoms with Gasteiger partial charge in [0.05, 0.1) is 49.5 Å². The molecule has 5 aromatic carbocycles. The number of sulfone groups is 1. The van der Waals surface area contributed by atoms with Crippen LogP contribution in [-0.4, -0.2) is 106 Å². The number of nitrogens with one attached hydrogen (secondary N) is 2. The fraction of sp³-hybridized carbons (Fsp3) is 0.0645. The lowest BCUT2D eigenvalue weighted by atomic mass is 10.1. The Kier molecular flexibility index (Phi) is 12.8. The summed E-state index contributed by atoms with van der Waals surface area (Å²) in [5.41, 5.74) is -2.93. The number of aromatic hydroxyl groups is 1. The summed E-state index contributed by atoms with van der Waals surface area (Å²) in [6.45, 7) is -0.924. The van der Waals surface area contributed by atoms with Crippen molar-refractivity contribution in [3.05, 3.63) is 89.3 Å². The number of aromatic amines is 2. The lowest BCUT2D eigenvalue weighted by Gasteiger charge is -2.12. The molecular weight excluding hydrogens is 1000 g/mol. The van der Waals surface area contributed by atoms with Gasteiger partial charge in [-0.05, 0) is 83.0 Å². The normalized spacial score (nSPS) is 14.0. The summed E-state index contributed by atoms with van der Waals surface area (Å²) in [6, 6.07) is 11.1. The van der Waals surface area contributed by atoms with Gasteiger partial charge in [0.1, 0.15) is 15.5 Å². The summed E-state index contributed by atoms with van der Waals surface area (Å²) >= 11 is 6.15. The number of fused-ring (bicyclic) bond motifs is 2. The first-order chi connectivity index (χ1) is 29.4. The maximum absolute atomic E-state index is 12.8. The third kappa shape index (κ3) is 11.2. The van der Waals surface area contributed by atoms with Crippen LogP contribution in [0, 0.1) is 0 Å². The number of hydrogen-bond donors (Lipinski definition) is 8. The molecule has 26 nitrogen and oxygen atoms in total. The molecule has 0 atom stereocenters. The highest BCUT2D eigenvalue weighted by molar-refractivity contribution is 7.91. The Morgan fingerprint density at radius 3 is 1.89 bits per heavy atom. The highest BCUT2D eigenvalue weighted by Crippen LogP contribution is 2.46. The first kappa shape index (κ1) is 47.8. The van der Waals surface area contributed by atoms with Crippen molar-refractivity contribution in [2.75, 3.05) is 12.4 Å². The molecule has 64 heavy (non-hydrogen) atoms. The number of H-pyrrole nitrogens is 2. The lowest BCUT2D eigenvalue weighted by molar-refractivity contribution is 0.284. The number of nitrogens with zero attached hydrogens (tertiary/aromatic N) is 5. The van der Waals surface area contributed by atoms with Crippen molar-refractivity contribution in [3.63, 3.8) is 0 Å². The first-order valence-corrected chi connectivity index (χ1v) is 25.7. The van der Waals surface area contributed by atoms with Gasteiger partial charge in [0.2, 0.25) is 16.5 Å². The summed E-state index contributed by atoms with van der Waals surface area (Å²) < 4.78 is 197. The third-order valence-electron chi connectivity index (χ3n) is 8.28. The van der Waals surface area contributed by atoms with Gasteiger partial charge >= 0.3 is 10.4 Å². The Hall–Kier alpha value is -5.62. The van der Waals surface area contributed by atoms with Crippen LogP contribution in [0.2, 0.25) is 5.28 Å². The molecule has 6 aromatic rings. The fourth-order valence-electron chi connectivity index (χ4n) is 5.64. The summed E-state index contributed by atoms with van der Waals surface area (Å²) in [5.74, 6) is -2.03. The average Bonchev–Trinajstić information content (AvgIpc) is 3.14. The fourth-order valence-corrected chi connectivity index (χ4v) is 9.87. The Morgan fingerprint density at radius 2 is 1.27 bits per heavy atom. The van der Waals surface area contributed by atoms with Crippen LogP contribution in [0.5, 0.6) is 5.75 Å². The molecule has 0 spiro atoms. The van der Waals surface area contributed by atoms with Gasteiger partial charge < -0.3 is 10.1 Å². The smallest absolute Gasteiger partial charge is 0.397 e. The zero-order chi connectivity index (χ0) is 47.4. The van der Waals surface area contributed by atoms with Crippen LogP contribution >= 0.6 is 11.6 Å². The second-order valence-electron chi connectivity index (χ2n) is 12.7. The lowest BCUT2D eigenvalue weighted by Crippen LogP contribution is -2.26. The SMILES string of the molecule is O=S(=O)(O)OCCS(=O)(=O)c1cccc(N=c2nc(Cl)[nH]c(=Nc3cc(S(=O)(=O)O)cc4cc(S(=O)(=O)O)c(N=Nc5ccc6cc(S(=O)(=O)O)cc(S(=O)(=O)O)c6c5)c(O)c34)[nH]2)c1. The molecule has 6 rings (SSSR count). The highest BCUT2D eigenvalue weighted by atomic mass is 35.5. The molecule has 1 aromatic heterocycles. The zero-order valence-corrected chi connectivity index (χ0v) is 36.6. The van der Waals surface area contributed by atoms with Gasteiger partial charge in [0, 0.05) is 5.39 Å². The van der Waals surface area contributed by atoms with Crippen LogP contribution in [0.3, 0.4) is 0 Å². The number of benzene rings is 5. The number of phenols is 1. The van der Waals surface area contributed by atoms with Gasteiger partial charge in [-0.3, -0.25) is 27.7 Å².